The van der Waals surface area contributed by atoms with Crippen LogP contribution in [-0.2, 0) is 4.74 Å². The van der Waals surface area contributed by atoms with E-state index in [0.29, 0.717) is 17.5 Å². The largest absolute Gasteiger partial charge is 0.462 e. The van der Waals surface area contributed by atoms with Crippen LogP contribution in [0.3, 0.4) is 0 Å². The maximum absolute atomic E-state index is 11.9. The summed E-state index contributed by atoms with van der Waals surface area (Å²) >= 11 is 1.38. The van der Waals surface area contributed by atoms with Gasteiger partial charge in [-0.05, 0) is 39.5 Å². The number of esters is 1. The third-order valence-corrected chi connectivity index (χ3v) is 5.45. The van der Waals surface area contributed by atoms with Gasteiger partial charge in [0.15, 0.2) is 5.96 Å². The van der Waals surface area contributed by atoms with Gasteiger partial charge in [0.05, 0.1) is 18.3 Å². The summed E-state index contributed by atoms with van der Waals surface area (Å²) in [4.78, 5) is 21.3. The number of guanidine groups is 1. The molecule has 25 heavy (non-hydrogen) atoms. The molecule has 0 aromatic carbocycles. The first kappa shape index (κ1) is 22.1. The smallest absolute Gasteiger partial charge is 0.350 e. The number of thiazole rings is 1. The molecular formula is C17H29IN4O2S. The first-order valence-corrected chi connectivity index (χ1v) is 9.46. The predicted octanol–water partition coefficient (Wildman–Crippen LogP) is 3.66. The van der Waals surface area contributed by atoms with Crippen LogP contribution in [0.25, 0.3) is 0 Å². The molecule has 2 N–H and O–H groups in total. The van der Waals surface area contributed by atoms with E-state index in [9.17, 15) is 4.79 Å². The molecule has 1 heterocycles. The van der Waals surface area contributed by atoms with E-state index in [2.05, 4.69) is 27.5 Å². The number of nitrogens with one attached hydrogen (secondary N) is 2. The van der Waals surface area contributed by atoms with Crippen molar-refractivity contribution in [3.8, 4) is 0 Å². The van der Waals surface area contributed by atoms with Crippen LogP contribution in [0.15, 0.2) is 4.99 Å². The van der Waals surface area contributed by atoms with Crippen LogP contribution in [0.4, 0.5) is 0 Å². The molecule has 0 spiro atoms. The second-order valence-electron chi connectivity index (χ2n) is 6.16. The topological polar surface area (TPSA) is 75.6 Å². The zero-order valence-corrected chi connectivity index (χ0v) is 18.7. The van der Waals surface area contributed by atoms with Crippen LogP contribution < -0.4 is 10.6 Å². The van der Waals surface area contributed by atoms with Crippen molar-refractivity contribution in [3.05, 3.63) is 15.6 Å². The fourth-order valence-electron chi connectivity index (χ4n) is 2.72. The number of halogens is 1. The van der Waals surface area contributed by atoms with E-state index >= 15 is 0 Å². The van der Waals surface area contributed by atoms with E-state index in [0.717, 1.165) is 22.6 Å². The fraction of sp³-hybridized carbons (Fsp3) is 0.706. The number of carbonyl (C=O) groups is 1. The summed E-state index contributed by atoms with van der Waals surface area (Å²) in [6, 6.07) is 0.503. The summed E-state index contributed by atoms with van der Waals surface area (Å²) in [6.45, 7) is 8.26. The molecule has 1 aromatic rings. The summed E-state index contributed by atoms with van der Waals surface area (Å²) in [5.74, 6) is 1.26. The SMILES string of the molecule is CCCC1CC1NC(=NC)NC(C)c1nc(C)c(C(=O)OCC)s1.I. The molecule has 1 aromatic heterocycles. The molecule has 3 unspecified atom stereocenters. The Kier molecular flexibility index (Phi) is 9.12. The van der Waals surface area contributed by atoms with Crippen molar-refractivity contribution in [3.63, 3.8) is 0 Å². The first-order valence-electron chi connectivity index (χ1n) is 8.64. The van der Waals surface area contributed by atoms with Crippen molar-refractivity contribution in [1.82, 2.24) is 15.6 Å². The van der Waals surface area contributed by atoms with E-state index in [-0.39, 0.29) is 36.0 Å². The van der Waals surface area contributed by atoms with E-state index in [4.69, 9.17) is 4.74 Å². The molecule has 0 aliphatic heterocycles. The van der Waals surface area contributed by atoms with E-state index in [1.54, 1.807) is 14.0 Å². The van der Waals surface area contributed by atoms with Gasteiger partial charge in [-0.1, -0.05) is 13.3 Å². The number of nitrogens with zero attached hydrogens (tertiary/aromatic N) is 2. The Morgan fingerprint density at radius 3 is 2.80 bits per heavy atom. The minimum Gasteiger partial charge on any atom is -0.462 e. The minimum atomic E-state index is -0.297. The molecule has 3 atom stereocenters. The number of carbonyl (C=O) groups excluding carboxylic acids is 1. The molecule has 0 bridgehead atoms. The average Bonchev–Trinajstić information content (AvgIpc) is 3.14. The molecule has 1 aliphatic rings. The molecule has 2 rings (SSSR count). The lowest BCUT2D eigenvalue weighted by atomic mass is 10.2. The Hall–Kier alpha value is -0.900. The van der Waals surface area contributed by atoms with Gasteiger partial charge < -0.3 is 15.4 Å². The summed E-state index contributed by atoms with van der Waals surface area (Å²) in [6.07, 6.45) is 3.70. The molecular weight excluding hydrogens is 451 g/mol. The molecule has 142 valence electrons. The maximum atomic E-state index is 11.9. The molecule has 8 heteroatoms. The lowest BCUT2D eigenvalue weighted by Gasteiger charge is -2.16. The molecule has 6 nitrogen and oxygen atoms in total. The lowest BCUT2D eigenvalue weighted by Crippen LogP contribution is -2.40. The van der Waals surface area contributed by atoms with E-state index in [1.807, 2.05) is 13.8 Å². The van der Waals surface area contributed by atoms with Crippen molar-refractivity contribution >= 4 is 47.2 Å². The molecule has 0 amide bonds. The fourth-order valence-corrected chi connectivity index (χ4v) is 3.68. The number of aromatic nitrogens is 1. The molecule has 0 saturated heterocycles. The highest BCUT2D eigenvalue weighted by molar-refractivity contribution is 14.0. The Morgan fingerprint density at radius 2 is 2.20 bits per heavy atom. The van der Waals surface area contributed by atoms with Gasteiger partial charge >= 0.3 is 5.97 Å². The normalized spacial score (nSPS) is 20.4. The standard InChI is InChI=1S/C17H28N4O2S.HI/c1-6-8-12-9-13(12)21-17(18-5)20-11(4)15-19-10(3)14(24-15)16(22)23-7-2;/h11-13H,6-9H2,1-5H3,(H2,18,20,21);1H. The summed E-state index contributed by atoms with van der Waals surface area (Å²) < 4.78 is 5.07. The van der Waals surface area contributed by atoms with Gasteiger partial charge in [-0.25, -0.2) is 9.78 Å². The third-order valence-electron chi connectivity index (χ3n) is 4.13. The number of aryl methyl sites for hydroxylation is 1. The minimum absolute atomic E-state index is 0. The average molecular weight is 480 g/mol. The Labute approximate surface area is 171 Å². The lowest BCUT2D eigenvalue weighted by molar-refractivity contribution is 0.0531. The van der Waals surface area contributed by atoms with Crippen LogP contribution in [0.1, 0.15) is 66.4 Å². The van der Waals surface area contributed by atoms with E-state index < -0.39 is 0 Å². The maximum Gasteiger partial charge on any atom is 0.350 e. The Balaban J connectivity index is 0.00000312. The van der Waals surface area contributed by atoms with Gasteiger partial charge in [-0.15, -0.1) is 35.3 Å². The van der Waals surface area contributed by atoms with Crippen molar-refractivity contribution in [2.24, 2.45) is 10.9 Å². The van der Waals surface area contributed by atoms with Gasteiger partial charge in [-0.3, -0.25) is 4.99 Å². The number of rotatable bonds is 7. The van der Waals surface area contributed by atoms with Crippen LogP contribution in [0.5, 0.6) is 0 Å². The highest BCUT2D eigenvalue weighted by Crippen LogP contribution is 2.34. The Morgan fingerprint density at radius 1 is 1.48 bits per heavy atom. The summed E-state index contributed by atoms with van der Waals surface area (Å²) in [5.41, 5.74) is 0.718. The first-order chi connectivity index (χ1) is 11.5. The van der Waals surface area contributed by atoms with Crippen LogP contribution in [-0.4, -0.2) is 36.6 Å². The van der Waals surface area contributed by atoms with E-state index in [1.165, 1.54) is 30.6 Å². The second-order valence-corrected chi connectivity index (χ2v) is 7.19. The van der Waals surface area contributed by atoms with Crippen molar-refractivity contribution < 1.29 is 9.53 Å². The number of aliphatic imine (C=N–C) groups is 1. The second kappa shape index (κ2) is 10.3. The van der Waals surface area contributed by atoms with Crippen molar-refractivity contribution in [1.29, 1.82) is 0 Å². The van der Waals surface area contributed by atoms with Crippen LogP contribution in [0, 0.1) is 12.8 Å². The highest BCUT2D eigenvalue weighted by Gasteiger charge is 2.36. The quantitative estimate of drug-likeness (QED) is 0.270. The van der Waals surface area contributed by atoms with Crippen molar-refractivity contribution in [2.75, 3.05) is 13.7 Å². The van der Waals surface area contributed by atoms with Gasteiger partial charge in [-0.2, -0.15) is 0 Å². The van der Waals surface area contributed by atoms with Gasteiger partial charge in [0.25, 0.3) is 0 Å². The summed E-state index contributed by atoms with van der Waals surface area (Å²) in [7, 11) is 1.77. The molecule has 1 aliphatic carbocycles. The van der Waals surface area contributed by atoms with Crippen molar-refractivity contribution in [2.45, 2.75) is 59.0 Å². The Bertz CT molecular complexity index is 605. The monoisotopic (exact) mass is 480 g/mol. The number of hydrogen-bond acceptors (Lipinski definition) is 5. The van der Waals surface area contributed by atoms with Gasteiger partial charge in [0, 0.05) is 13.1 Å². The van der Waals surface area contributed by atoms with Crippen LogP contribution >= 0.6 is 35.3 Å². The number of hydrogen-bond donors (Lipinski definition) is 2. The number of ether oxygens (including phenoxy) is 1. The third kappa shape index (κ3) is 6.09. The predicted molar refractivity (Wildman–Crippen MR) is 113 cm³/mol. The highest BCUT2D eigenvalue weighted by atomic mass is 127. The van der Waals surface area contributed by atoms with Gasteiger partial charge in [0.2, 0.25) is 0 Å². The zero-order valence-electron chi connectivity index (χ0n) is 15.6. The summed E-state index contributed by atoms with van der Waals surface area (Å²) in [5, 5.41) is 7.69. The van der Waals surface area contributed by atoms with Crippen LogP contribution in [0.2, 0.25) is 0 Å². The molecule has 0 radical (unpaired) electrons. The molecule has 1 fully saturated rings. The zero-order chi connectivity index (χ0) is 17.7. The molecule has 1 saturated carbocycles. The van der Waals surface area contributed by atoms with Gasteiger partial charge in [0.1, 0.15) is 9.88 Å².